The lowest BCUT2D eigenvalue weighted by Gasteiger charge is -2.23. The molecule has 106 valence electrons. The van der Waals surface area contributed by atoms with Crippen molar-refractivity contribution < 1.29 is 9.59 Å². The summed E-state index contributed by atoms with van der Waals surface area (Å²) >= 11 is 0. The van der Waals surface area contributed by atoms with Gasteiger partial charge in [0.25, 0.3) is 0 Å². The molecule has 0 spiro atoms. The molecule has 20 heavy (non-hydrogen) atoms. The van der Waals surface area contributed by atoms with E-state index in [1.165, 1.54) is 5.56 Å². The van der Waals surface area contributed by atoms with Gasteiger partial charge in [0.2, 0.25) is 5.91 Å². The van der Waals surface area contributed by atoms with Crippen LogP contribution >= 0.6 is 0 Å². The molecule has 1 aliphatic carbocycles. The van der Waals surface area contributed by atoms with Crippen LogP contribution in [-0.4, -0.2) is 18.2 Å². The number of para-hydroxylation sites is 1. The van der Waals surface area contributed by atoms with Crippen LogP contribution in [-0.2, 0) is 16.0 Å². The lowest BCUT2D eigenvalue weighted by atomic mass is 10.0. The van der Waals surface area contributed by atoms with E-state index in [-0.39, 0.29) is 24.2 Å². The summed E-state index contributed by atoms with van der Waals surface area (Å²) in [6.07, 6.45) is 6.67. The van der Waals surface area contributed by atoms with Gasteiger partial charge >= 0.3 is 0 Å². The van der Waals surface area contributed by atoms with Gasteiger partial charge in [-0.25, -0.2) is 0 Å². The van der Waals surface area contributed by atoms with E-state index in [1.807, 2.05) is 18.2 Å². The number of nitrogens with zero attached hydrogens (tertiary/aromatic N) is 1. The van der Waals surface area contributed by atoms with E-state index < -0.39 is 0 Å². The smallest absolute Gasteiger partial charge is 0.227 e. The van der Waals surface area contributed by atoms with Crippen molar-refractivity contribution in [2.75, 3.05) is 11.4 Å². The molecular weight excluding hydrogens is 250 g/mol. The predicted molar refractivity (Wildman–Crippen MR) is 78.7 cm³/mol. The number of hydrogen-bond donors (Lipinski definition) is 0. The van der Waals surface area contributed by atoms with E-state index in [2.05, 4.69) is 6.07 Å². The number of hydrogen-bond acceptors (Lipinski definition) is 2. The first-order valence-corrected chi connectivity index (χ1v) is 7.66. The highest BCUT2D eigenvalue weighted by Gasteiger charge is 2.28. The maximum absolute atomic E-state index is 12.4. The maximum atomic E-state index is 12.4. The Kier molecular flexibility index (Phi) is 3.86. The summed E-state index contributed by atoms with van der Waals surface area (Å²) in [5.41, 5.74) is 2.14. The number of rotatable bonds is 3. The van der Waals surface area contributed by atoms with Gasteiger partial charge in [-0.2, -0.15) is 0 Å². The minimum atomic E-state index is 0.0984. The largest absolute Gasteiger partial charge is 0.305 e. The Bertz CT molecular complexity index is 517. The quantitative estimate of drug-likeness (QED) is 0.847. The van der Waals surface area contributed by atoms with Crippen LogP contribution < -0.4 is 4.90 Å². The number of aryl methyl sites for hydroxylation is 1. The van der Waals surface area contributed by atoms with Crippen molar-refractivity contribution >= 4 is 17.4 Å². The summed E-state index contributed by atoms with van der Waals surface area (Å²) in [5, 5.41) is 0. The van der Waals surface area contributed by atoms with Crippen LogP contribution in [0.4, 0.5) is 5.69 Å². The number of ketones is 1. The Balaban J connectivity index is 1.82. The second kappa shape index (κ2) is 5.78. The molecule has 0 aromatic heterocycles. The molecule has 1 aromatic carbocycles. The fourth-order valence-electron chi connectivity index (χ4n) is 3.39. The van der Waals surface area contributed by atoms with E-state index in [9.17, 15) is 9.59 Å². The van der Waals surface area contributed by atoms with Crippen LogP contribution in [0.15, 0.2) is 24.3 Å². The van der Waals surface area contributed by atoms with Crippen LogP contribution in [0.2, 0.25) is 0 Å². The molecular formula is C17H21NO2. The van der Waals surface area contributed by atoms with Crippen molar-refractivity contribution in [3.63, 3.8) is 0 Å². The molecule has 1 aliphatic heterocycles. The third kappa shape index (κ3) is 2.62. The molecule has 3 heteroatoms. The third-order valence-corrected chi connectivity index (χ3v) is 4.54. The average molecular weight is 271 g/mol. The Morgan fingerprint density at radius 2 is 1.85 bits per heavy atom. The average Bonchev–Trinajstić information content (AvgIpc) is 2.94. The zero-order valence-corrected chi connectivity index (χ0v) is 11.8. The van der Waals surface area contributed by atoms with Gasteiger partial charge < -0.3 is 4.90 Å². The van der Waals surface area contributed by atoms with E-state index in [0.717, 1.165) is 44.2 Å². The van der Waals surface area contributed by atoms with Gasteiger partial charge in [0.05, 0.1) is 6.54 Å². The lowest BCUT2D eigenvalue weighted by Crippen LogP contribution is -2.37. The fraction of sp³-hybridized carbons (Fsp3) is 0.529. The molecule has 0 unspecified atom stereocenters. The Morgan fingerprint density at radius 3 is 2.65 bits per heavy atom. The molecule has 0 radical (unpaired) electrons. The SMILES string of the molecule is O=C(CN1C(=O)CCCc2ccccc21)C1CCCC1. The molecule has 1 fully saturated rings. The number of carbonyl (C=O) groups excluding carboxylic acids is 2. The van der Waals surface area contributed by atoms with Crippen LogP contribution in [0.3, 0.4) is 0 Å². The van der Waals surface area contributed by atoms with Gasteiger partial charge in [0.15, 0.2) is 5.78 Å². The molecule has 0 atom stereocenters. The Morgan fingerprint density at radius 1 is 1.10 bits per heavy atom. The summed E-state index contributed by atoms with van der Waals surface area (Å²) in [4.78, 5) is 26.4. The summed E-state index contributed by atoms with van der Waals surface area (Å²) < 4.78 is 0. The van der Waals surface area contributed by atoms with Gasteiger partial charge in [-0.05, 0) is 37.3 Å². The van der Waals surface area contributed by atoms with Crippen molar-refractivity contribution in [1.29, 1.82) is 0 Å². The second-order valence-electron chi connectivity index (χ2n) is 5.91. The standard InChI is InChI=1S/C17H21NO2/c19-16(14-7-1-2-8-14)12-18-15-10-4-3-6-13(15)9-5-11-17(18)20/h3-4,6,10,14H,1-2,5,7-9,11-12H2. The maximum Gasteiger partial charge on any atom is 0.227 e. The summed E-state index contributed by atoms with van der Waals surface area (Å²) in [5.74, 6) is 0.520. The first-order valence-electron chi connectivity index (χ1n) is 7.66. The Hall–Kier alpha value is -1.64. The van der Waals surface area contributed by atoms with Crippen LogP contribution in [0, 0.1) is 5.92 Å². The topological polar surface area (TPSA) is 37.4 Å². The minimum absolute atomic E-state index is 0.0984. The monoisotopic (exact) mass is 271 g/mol. The molecule has 2 aliphatic rings. The number of amides is 1. The van der Waals surface area contributed by atoms with Gasteiger partial charge in [-0.3, -0.25) is 9.59 Å². The molecule has 0 saturated heterocycles. The minimum Gasteiger partial charge on any atom is -0.305 e. The molecule has 0 N–H and O–H groups in total. The predicted octanol–water partition coefficient (Wildman–Crippen LogP) is 3.12. The van der Waals surface area contributed by atoms with Gasteiger partial charge in [-0.15, -0.1) is 0 Å². The molecule has 1 heterocycles. The van der Waals surface area contributed by atoms with E-state index >= 15 is 0 Å². The van der Waals surface area contributed by atoms with Crippen molar-refractivity contribution in [1.82, 2.24) is 0 Å². The number of Topliss-reactive ketones (excluding diaryl/α,β-unsaturated/α-hetero) is 1. The van der Waals surface area contributed by atoms with E-state index in [4.69, 9.17) is 0 Å². The zero-order valence-electron chi connectivity index (χ0n) is 11.8. The van der Waals surface area contributed by atoms with Crippen LogP contribution in [0.25, 0.3) is 0 Å². The number of carbonyl (C=O) groups is 2. The van der Waals surface area contributed by atoms with Gasteiger partial charge in [0.1, 0.15) is 0 Å². The van der Waals surface area contributed by atoms with Crippen molar-refractivity contribution in [3.8, 4) is 0 Å². The second-order valence-corrected chi connectivity index (χ2v) is 5.91. The molecule has 0 bridgehead atoms. The summed E-state index contributed by atoms with van der Waals surface area (Å²) in [7, 11) is 0. The van der Waals surface area contributed by atoms with Gasteiger partial charge in [0, 0.05) is 18.0 Å². The van der Waals surface area contributed by atoms with Crippen molar-refractivity contribution in [2.24, 2.45) is 5.92 Å². The van der Waals surface area contributed by atoms with Crippen molar-refractivity contribution in [2.45, 2.75) is 44.9 Å². The number of benzene rings is 1. The number of anilines is 1. The highest BCUT2D eigenvalue weighted by Crippen LogP contribution is 2.29. The zero-order chi connectivity index (χ0) is 13.9. The third-order valence-electron chi connectivity index (χ3n) is 4.54. The summed E-state index contributed by atoms with van der Waals surface area (Å²) in [6.45, 7) is 0.264. The van der Waals surface area contributed by atoms with Crippen LogP contribution in [0.5, 0.6) is 0 Å². The lowest BCUT2D eigenvalue weighted by molar-refractivity contribution is -0.124. The first-order chi connectivity index (χ1) is 9.75. The molecule has 3 nitrogen and oxygen atoms in total. The highest BCUT2D eigenvalue weighted by molar-refractivity contribution is 6.00. The van der Waals surface area contributed by atoms with Crippen LogP contribution in [0.1, 0.15) is 44.1 Å². The van der Waals surface area contributed by atoms with E-state index in [1.54, 1.807) is 4.90 Å². The fourth-order valence-corrected chi connectivity index (χ4v) is 3.39. The number of fused-ring (bicyclic) bond motifs is 1. The normalized spacial score (nSPS) is 19.8. The molecule has 1 saturated carbocycles. The molecule has 3 rings (SSSR count). The molecule has 1 aromatic rings. The highest BCUT2D eigenvalue weighted by atomic mass is 16.2. The van der Waals surface area contributed by atoms with Crippen molar-refractivity contribution in [3.05, 3.63) is 29.8 Å². The molecule has 1 amide bonds. The first kappa shape index (κ1) is 13.3. The summed E-state index contributed by atoms with van der Waals surface area (Å²) in [6, 6.07) is 8.00. The van der Waals surface area contributed by atoms with Gasteiger partial charge in [-0.1, -0.05) is 31.0 Å². The van der Waals surface area contributed by atoms with E-state index in [0.29, 0.717) is 6.42 Å². The Labute approximate surface area is 120 Å².